The molecule has 1 saturated heterocycles. The van der Waals surface area contributed by atoms with E-state index in [1.807, 2.05) is 0 Å². The lowest BCUT2D eigenvalue weighted by Crippen LogP contribution is -2.50. The maximum absolute atomic E-state index is 11.7. The van der Waals surface area contributed by atoms with Gasteiger partial charge in [-0.3, -0.25) is 4.79 Å². The molecule has 0 aromatic heterocycles. The second kappa shape index (κ2) is 10.1. The van der Waals surface area contributed by atoms with E-state index in [1.54, 1.807) is 0 Å². The first-order chi connectivity index (χ1) is 16.9. The number of unbranched alkanes of at least 4 members (excludes halogenated alkanes) is 1. The van der Waals surface area contributed by atoms with Crippen molar-refractivity contribution in [2.24, 2.45) is 17.3 Å². The number of ether oxygens (including phenoxy) is 3. The van der Waals surface area contributed by atoms with Gasteiger partial charge in [0.15, 0.2) is 6.29 Å². The van der Waals surface area contributed by atoms with Gasteiger partial charge in [0.2, 0.25) is 0 Å². The minimum absolute atomic E-state index is 0.104. The van der Waals surface area contributed by atoms with E-state index in [0.29, 0.717) is 37.2 Å². The van der Waals surface area contributed by atoms with Crippen LogP contribution in [0, 0.1) is 29.1 Å². The molecule has 5 heteroatoms. The van der Waals surface area contributed by atoms with Crippen LogP contribution in [0.5, 0.6) is 5.75 Å². The zero-order chi connectivity index (χ0) is 24.5. The average Bonchev–Trinajstić information content (AvgIpc) is 3.12. The lowest BCUT2D eigenvalue weighted by molar-refractivity contribution is -0.141. The molecule has 6 atom stereocenters. The van der Waals surface area contributed by atoms with E-state index < -0.39 is 5.60 Å². The molecule has 0 spiro atoms. The van der Waals surface area contributed by atoms with Gasteiger partial charge in [-0.1, -0.05) is 18.9 Å². The molecule has 1 aromatic carbocycles. The molecule has 35 heavy (non-hydrogen) atoms. The summed E-state index contributed by atoms with van der Waals surface area (Å²) in [6, 6.07) is 6.69. The molecule has 1 aliphatic heterocycles. The van der Waals surface area contributed by atoms with Crippen LogP contribution in [0.1, 0.15) is 95.1 Å². The number of aliphatic hydroxyl groups is 1. The van der Waals surface area contributed by atoms with Crippen LogP contribution in [0.4, 0.5) is 0 Å². The zero-order valence-electron chi connectivity index (χ0n) is 21.3. The number of aryl methyl sites for hydroxylation is 1. The number of fused-ring (bicyclic) bond motifs is 5. The van der Waals surface area contributed by atoms with Gasteiger partial charge >= 0.3 is 5.97 Å². The van der Waals surface area contributed by atoms with E-state index in [0.717, 1.165) is 57.3 Å². The molecule has 190 valence electrons. The van der Waals surface area contributed by atoms with Crippen molar-refractivity contribution in [3.8, 4) is 17.6 Å². The van der Waals surface area contributed by atoms with Crippen molar-refractivity contribution in [2.75, 3.05) is 13.2 Å². The summed E-state index contributed by atoms with van der Waals surface area (Å²) in [6.07, 6.45) is 10.7. The highest BCUT2D eigenvalue weighted by Gasteiger charge is 2.61. The summed E-state index contributed by atoms with van der Waals surface area (Å²) >= 11 is 0. The van der Waals surface area contributed by atoms with Crippen LogP contribution in [-0.2, 0) is 20.7 Å². The van der Waals surface area contributed by atoms with E-state index >= 15 is 0 Å². The van der Waals surface area contributed by atoms with Gasteiger partial charge in [0.05, 0.1) is 13.2 Å². The molecule has 1 unspecified atom stereocenters. The Labute approximate surface area is 209 Å². The zero-order valence-corrected chi connectivity index (χ0v) is 21.3. The molecule has 4 aliphatic rings. The first-order valence-corrected chi connectivity index (χ1v) is 13.7. The van der Waals surface area contributed by atoms with Gasteiger partial charge in [-0.15, -0.1) is 5.92 Å². The molecule has 0 amide bonds. The average molecular weight is 481 g/mol. The Balaban J connectivity index is 1.25. The molecule has 3 fully saturated rings. The molecular weight excluding hydrogens is 440 g/mol. The summed E-state index contributed by atoms with van der Waals surface area (Å²) in [5.41, 5.74) is 1.86. The van der Waals surface area contributed by atoms with Crippen LogP contribution in [-0.4, -0.2) is 36.2 Å². The smallest absolute Gasteiger partial charge is 0.302 e. The van der Waals surface area contributed by atoms with Gasteiger partial charge in [0.1, 0.15) is 11.4 Å². The van der Waals surface area contributed by atoms with E-state index in [-0.39, 0.29) is 17.7 Å². The van der Waals surface area contributed by atoms with Crippen LogP contribution >= 0.6 is 0 Å². The van der Waals surface area contributed by atoms with E-state index in [4.69, 9.17) is 14.2 Å². The number of benzene rings is 1. The Morgan fingerprint density at radius 3 is 2.89 bits per heavy atom. The maximum atomic E-state index is 11.7. The molecule has 3 aliphatic carbocycles. The summed E-state index contributed by atoms with van der Waals surface area (Å²) in [5.74, 6) is 8.85. The molecule has 0 bridgehead atoms. The predicted octanol–water partition coefficient (Wildman–Crippen LogP) is 5.53. The molecular formula is C30H40O5. The number of esters is 1. The lowest BCUT2D eigenvalue weighted by atomic mass is 9.53. The monoisotopic (exact) mass is 480 g/mol. The van der Waals surface area contributed by atoms with Crippen LogP contribution in [0.3, 0.4) is 0 Å². The topological polar surface area (TPSA) is 65.0 Å². The van der Waals surface area contributed by atoms with Crippen LogP contribution < -0.4 is 4.74 Å². The fraction of sp³-hybridized carbons (Fsp3) is 0.700. The second-order valence-corrected chi connectivity index (χ2v) is 11.3. The van der Waals surface area contributed by atoms with Crippen molar-refractivity contribution in [3.63, 3.8) is 0 Å². The largest absolute Gasteiger partial charge is 0.466 e. The summed E-state index contributed by atoms with van der Waals surface area (Å²) in [5, 5.41) is 11.7. The fourth-order valence-electron chi connectivity index (χ4n) is 7.39. The molecule has 5 rings (SSSR count). The van der Waals surface area contributed by atoms with Gasteiger partial charge in [0.25, 0.3) is 0 Å². The number of rotatable bonds is 5. The summed E-state index contributed by atoms with van der Waals surface area (Å²) in [4.78, 5) is 10.9. The number of carbonyl (C=O) groups excluding carboxylic acids is 1. The number of carbonyl (C=O) groups is 1. The van der Waals surface area contributed by atoms with E-state index in [1.165, 1.54) is 30.9 Å². The summed E-state index contributed by atoms with van der Waals surface area (Å²) < 4.78 is 16.9. The second-order valence-electron chi connectivity index (χ2n) is 11.3. The fourth-order valence-corrected chi connectivity index (χ4v) is 7.39. The summed E-state index contributed by atoms with van der Waals surface area (Å²) in [7, 11) is 0. The third-order valence-electron chi connectivity index (χ3n) is 9.30. The van der Waals surface area contributed by atoms with Gasteiger partial charge in [0, 0.05) is 25.2 Å². The molecule has 5 nitrogen and oxygen atoms in total. The van der Waals surface area contributed by atoms with Gasteiger partial charge in [-0.2, -0.15) is 0 Å². The van der Waals surface area contributed by atoms with Gasteiger partial charge in [-0.05, 0) is 98.8 Å². The molecule has 2 saturated carbocycles. The van der Waals surface area contributed by atoms with Gasteiger partial charge in [-0.25, -0.2) is 0 Å². The van der Waals surface area contributed by atoms with Gasteiger partial charge < -0.3 is 19.3 Å². The van der Waals surface area contributed by atoms with Crippen molar-refractivity contribution in [1.82, 2.24) is 0 Å². The lowest BCUT2D eigenvalue weighted by Gasteiger charge is -2.52. The van der Waals surface area contributed by atoms with Crippen molar-refractivity contribution in [2.45, 2.75) is 102 Å². The Bertz CT molecular complexity index is 986. The Hall–Kier alpha value is -2.03. The van der Waals surface area contributed by atoms with E-state index in [2.05, 4.69) is 37.0 Å². The highest BCUT2D eigenvalue weighted by molar-refractivity contribution is 5.65. The van der Waals surface area contributed by atoms with Crippen molar-refractivity contribution in [1.29, 1.82) is 0 Å². The number of hydrogen-bond acceptors (Lipinski definition) is 5. The third-order valence-corrected chi connectivity index (χ3v) is 9.30. The third kappa shape index (κ3) is 4.85. The van der Waals surface area contributed by atoms with Crippen molar-refractivity contribution in [3.05, 3.63) is 29.3 Å². The minimum Gasteiger partial charge on any atom is -0.466 e. The standard InChI is InChI=1S/C30H40O5/c1-21(31)33-18-6-3-5-15-30(32)17-14-27-26-11-9-22-20-23(35-28-8-4-7-19-34-28)10-12-24(22)25(26)13-16-29(27,30)2/h10,12,20,25-28,32H,3-4,6-9,11,13-14,16-19H2,1-2H3/t25-,26-,27+,28?,29+,30-/m1/s1. The highest BCUT2D eigenvalue weighted by atomic mass is 16.7. The first kappa shape index (κ1) is 24.7. The first-order valence-electron chi connectivity index (χ1n) is 13.7. The van der Waals surface area contributed by atoms with Crippen LogP contribution in [0.25, 0.3) is 0 Å². The Morgan fingerprint density at radius 1 is 1.20 bits per heavy atom. The molecule has 0 radical (unpaired) electrons. The van der Waals surface area contributed by atoms with Crippen molar-refractivity contribution >= 4 is 5.97 Å². The molecule has 1 heterocycles. The minimum atomic E-state index is -0.915. The normalized spacial score (nSPS) is 35.6. The van der Waals surface area contributed by atoms with Crippen LogP contribution in [0.15, 0.2) is 18.2 Å². The SMILES string of the molecule is CC(=O)OCCCC#C[C@@]1(O)CC[C@H]2[C@@H]3CCc4cc(OC5CCCCO5)ccc4[C@H]3CC[C@@]21C. The maximum Gasteiger partial charge on any atom is 0.302 e. The predicted molar refractivity (Wildman–Crippen MR) is 134 cm³/mol. The van der Waals surface area contributed by atoms with Crippen LogP contribution in [0.2, 0.25) is 0 Å². The molecule has 1 N–H and O–H groups in total. The summed E-state index contributed by atoms with van der Waals surface area (Å²) in [6.45, 7) is 4.90. The Morgan fingerprint density at radius 2 is 2.09 bits per heavy atom. The van der Waals surface area contributed by atoms with Crippen molar-refractivity contribution < 1.29 is 24.1 Å². The number of hydrogen-bond donors (Lipinski definition) is 1. The highest BCUT2D eigenvalue weighted by Crippen LogP contribution is 2.64. The quantitative estimate of drug-likeness (QED) is 0.341. The molecule has 1 aromatic rings. The van der Waals surface area contributed by atoms with E-state index in [9.17, 15) is 9.90 Å². The Kier molecular flexibility index (Phi) is 7.15.